The molecule has 3 heterocycles. The minimum Gasteiger partial charge on any atom is -0.491 e. The molecule has 2 unspecified atom stereocenters. The molecule has 0 aliphatic carbocycles. The van der Waals surface area contributed by atoms with Crippen molar-refractivity contribution in [2.75, 3.05) is 69.2 Å². The summed E-state index contributed by atoms with van der Waals surface area (Å²) in [6.07, 6.45) is 0.156. The van der Waals surface area contributed by atoms with Crippen molar-refractivity contribution in [2.24, 2.45) is 5.10 Å². The lowest BCUT2D eigenvalue weighted by Crippen LogP contribution is -2.39. The quantitative estimate of drug-likeness (QED) is 0.0871. The Morgan fingerprint density at radius 3 is 2.72 bits per heavy atom. The van der Waals surface area contributed by atoms with Crippen LogP contribution in [0.15, 0.2) is 65.8 Å². The second kappa shape index (κ2) is 13.3. The van der Waals surface area contributed by atoms with Crippen LogP contribution in [0.4, 0.5) is 22.9 Å². The largest absolute Gasteiger partial charge is 0.491 e. The number of nitrogens with one attached hydrogen (secondary N) is 3. The van der Waals surface area contributed by atoms with Gasteiger partial charge in [-0.25, -0.2) is 9.97 Å². The zero-order valence-electron chi connectivity index (χ0n) is 24.5. The maximum atomic E-state index is 5.92. The van der Waals surface area contributed by atoms with E-state index in [2.05, 4.69) is 38.8 Å². The van der Waals surface area contributed by atoms with Gasteiger partial charge < -0.3 is 29.6 Å². The number of anilines is 4. The van der Waals surface area contributed by atoms with Crippen LogP contribution in [0.25, 0.3) is 22.3 Å². The summed E-state index contributed by atoms with van der Waals surface area (Å²) in [5, 5.41) is 11.7. The number of hydrogen-bond acceptors (Lipinski definition) is 11. The number of benzene rings is 3. The van der Waals surface area contributed by atoms with Crippen molar-refractivity contribution >= 4 is 40.5 Å². The Morgan fingerprint density at radius 1 is 1.02 bits per heavy atom. The van der Waals surface area contributed by atoms with E-state index in [9.17, 15) is 0 Å². The molecule has 0 saturated carbocycles. The van der Waals surface area contributed by atoms with Gasteiger partial charge in [-0.15, -0.1) is 0 Å². The lowest BCUT2D eigenvalue weighted by molar-refractivity contribution is 0.0349. The number of aromatic nitrogens is 2. The second-order valence-corrected chi connectivity index (χ2v) is 10.6. The molecule has 0 bridgehead atoms. The number of aryl methyl sites for hydroxylation is 1. The number of nitrogens with zero attached hydrogens (tertiary/aromatic N) is 4. The number of fused-ring (bicyclic) bond motifs is 1. The predicted octanol–water partition coefficient (Wildman–Crippen LogP) is 4.87. The number of hydrazone groups is 1. The molecule has 0 amide bonds. The monoisotopic (exact) mass is 583 g/mol. The van der Waals surface area contributed by atoms with Crippen LogP contribution in [-0.4, -0.2) is 87.1 Å². The smallest absolute Gasteiger partial charge is 0.162 e. The average molecular weight is 584 g/mol. The standard InChI is InChI=1S/C32H37N7O4/c1-21-17-24(7-9-27(21)38-33-2)34-31-26-19-25(42-16-15-40-3)8-10-28(26)36-30(37-31)22-5-4-6-23(18-22)35-32-29(43-32)20-39-11-13-41-14-12-39/h4-10,17-19,29,32,35,38H,2,11-16,20H2,1,3H3,(H,34,36,37). The normalized spacial score (nSPS) is 18.3. The van der Waals surface area contributed by atoms with Crippen molar-refractivity contribution in [3.05, 3.63) is 66.2 Å². The minimum atomic E-state index is -0.0126. The Bertz CT molecular complexity index is 1580. The highest BCUT2D eigenvalue weighted by Crippen LogP contribution is 2.33. The fourth-order valence-electron chi connectivity index (χ4n) is 5.11. The van der Waals surface area contributed by atoms with Crippen molar-refractivity contribution in [2.45, 2.75) is 19.3 Å². The number of hydrogen-bond donors (Lipinski definition) is 3. The minimum absolute atomic E-state index is 0.0126. The fraction of sp³-hybridized carbons (Fsp3) is 0.344. The molecule has 0 spiro atoms. The van der Waals surface area contributed by atoms with E-state index in [0.717, 1.165) is 77.7 Å². The van der Waals surface area contributed by atoms with Crippen molar-refractivity contribution in [1.82, 2.24) is 14.9 Å². The van der Waals surface area contributed by atoms with Gasteiger partial charge in [0.1, 0.15) is 24.3 Å². The molecule has 2 atom stereocenters. The highest BCUT2D eigenvalue weighted by atomic mass is 16.6. The molecular weight excluding hydrogens is 546 g/mol. The average Bonchev–Trinajstić information content (AvgIpc) is 3.75. The first-order valence-corrected chi connectivity index (χ1v) is 14.4. The molecular formula is C32H37N7O4. The first-order valence-electron chi connectivity index (χ1n) is 14.4. The van der Waals surface area contributed by atoms with Crippen molar-refractivity contribution < 1.29 is 18.9 Å². The van der Waals surface area contributed by atoms with Crippen molar-refractivity contribution in [1.29, 1.82) is 0 Å². The molecule has 3 aromatic carbocycles. The van der Waals surface area contributed by atoms with E-state index in [-0.39, 0.29) is 12.3 Å². The van der Waals surface area contributed by atoms with Gasteiger partial charge in [-0.1, -0.05) is 12.1 Å². The van der Waals surface area contributed by atoms with Gasteiger partial charge in [0.25, 0.3) is 0 Å². The molecule has 2 fully saturated rings. The van der Waals surface area contributed by atoms with Crippen LogP contribution in [0.3, 0.4) is 0 Å². The zero-order chi connectivity index (χ0) is 29.6. The first-order chi connectivity index (χ1) is 21.1. The fourth-order valence-corrected chi connectivity index (χ4v) is 5.11. The van der Waals surface area contributed by atoms with E-state index in [1.807, 2.05) is 61.5 Å². The zero-order valence-corrected chi connectivity index (χ0v) is 24.5. The molecule has 11 nitrogen and oxygen atoms in total. The van der Waals surface area contributed by atoms with Crippen LogP contribution in [-0.2, 0) is 14.2 Å². The SMILES string of the molecule is C=NNc1ccc(Nc2nc(-c3cccc(NC4OC4CN4CCOCC4)c3)nc3ccc(OCCOC)cc23)cc1C. The maximum Gasteiger partial charge on any atom is 0.162 e. The molecule has 0 radical (unpaired) electrons. The summed E-state index contributed by atoms with van der Waals surface area (Å²) >= 11 is 0. The third-order valence-corrected chi connectivity index (χ3v) is 7.47. The third kappa shape index (κ3) is 7.20. The molecule has 43 heavy (non-hydrogen) atoms. The topological polar surface area (TPSA) is 118 Å². The van der Waals surface area contributed by atoms with E-state index in [4.69, 9.17) is 28.9 Å². The molecule has 3 N–H and O–H groups in total. The van der Waals surface area contributed by atoms with Gasteiger partial charge in [0.2, 0.25) is 0 Å². The lowest BCUT2D eigenvalue weighted by Gasteiger charge is -2.25. The van der Waals surface area contributed by atoms with Crippen LogP contribution in [0.1, 0.15) is 5.56 Å². The second-order valence-electron chi connectivity index (χ2n) is 10.6. The molecule has 6 rings (SSSR count). The Labute approximate surface area is 251 Å². The van der Waals surface area contributed by atoms with Gasteiger partial charge in [-0.3, -0.25) is 10.3 Å². The summed E-state index contributed by atoms with van der Waals surface area (Å²) < 4.78 is 22.4. The first kappa shape index (κ1) is 28.8. The van der Waals surface area contributed by atoms with Crippen LogP contribution in [0, 0.1) is 6.92 Å². The summed E-state index contributed by atoms with van der Waals surface area (Å²) in [6, 6.07) is 19.9. The number of rotatable bonds is 13. The molecule has 224 valence electrons. The van der Waals surface area contributed by atoms with Crippen molar-refractivity contribution in [3.63, 3.8) is 0 Å². The van der Waals surface area contributed by atoms with Gasteiger partial charge in [0.15, 0.2) is 12.1 Å². The molecule has 2 aliphatic rings. The summed E-state index contributed by atoms with van der Waals surface area (Å²) in [6.45, 7) is 10.9. The molecule has 11 heteroatoms. The summed E-state index contributed by atoms with van der Waals surface area (Å²) in [5.74, 6) is 2.01. The van der Waals surface area contributed by atoms with Gasteiger partial charge in [-0.2, -0.15) is 5.10 Å². The summed E-state index contributed by atoms with van der Waals surface area (Å²) in [5.41, 5.74) is 8.37. The molecule has 2 saturated heterocycles. The van der Waals surface area contributed by atoms with Crippen LogP contribution >= 0.6 is 0 Å². The van der Waals surface area contributed by atoms with E-state index in [1.165, 1.54) is 0 Å². The van der Waals surface area contributed by atoms with Gasteiger partial charge in [0.05, 0.1) is 31.0 Å². The van der Waals surface area contributed by atoms with E-state index >= 15 is 0 Å². The number of methoxy groups -OCH3 is 1. The van der Waals surface area contributed by atoms with E-state index in [0.29, 0.717) is 24.9 Å². The molecule has 1 aromatic heterocycles. The van der Waals surface area contributed by atoms with Crippen LogP contribution < -0.4 is 20.8 Å². The Kier molecular flexibility index (Phi) is 8.94. The van der Waals surface area contributed by atoms with Crippen LogP contribution in [0.2, 0.25) is 0 Å². The Hall–Kier alpha value is -4.29. The van der Waals surface area contributed by atoms with Crippen molar-refractivity contribution in [3.8, 4) is 17.1 Å². The van der Waals surface area contributed by atoms with E-state index in [1.54, 1.807) is 7.11 Å². The third-order valence-electron chi connectivity index (χ3n) is 7.47. The maximum absolute atomic E-state index is 5.92. The summed E-state index contributed by atoms with van der Waals surface area (Å²) in [7, 11) is 1.65. The summed E-state index contributed by atoms with van der Waals surface area (Å²) in [4.78, 5) is 12.3. The van der Waals surface area contributed by atoms with Gasteiger partial charge in [0, 0.05) is 55.8 Å². The van der Waals surface area contributed by atoms with Gasteiger partial charge >= 0.3 is 0 Å². The molecule has 2 aliphatic heterocycles. The number of epoxide rings is 1. The highest BCUT2D eigenvalue weighted by molar-refractivity contribution is 5.93. The number of morpholine rings is 1. The predicted molar refractivity (Wildman–Crippen MR) is 170 cm³/mol. The van der Waals surface area contributed by atoms with E-state index < -0.39 is 0 Å². The Balaban J connectivity index is 1.26. The lowest BCUT2D eigenvalue weighted by atomic mass is 10.1. The van der Waals surface area contributed by atoms with Gasteiger partial charge in [-0.05, 0) is 61.0 Å². The Morgan fingerprint density at radius 2 is 1.91 bits per heavy atom. The number of ether oxygens (including phenoxy) is 4. The molecule has 4 aromatic rings. The van der Waals surface area contributed by atoms with Crippen LogP contribution in [0.5, 0.6) is 5.75 Å². The highest BCUT2D eigenvalue weighted by Gasteiger charge is 2.40.